The summed E-state index contributed by atoms with van der Waals surface area (Å²) < 4.78 is 1.92. The minimum atomic E-state index is -2.92. The molecule has 0 fully saturated rings. The summed E-state index contributed by atoms with van der Waals surface area (Å²) in [5.74, 6) is 0. The van der Waals surface area contributed by atoms with E-state index in [1.54, 1.807) is 0 Å². The third-order valence-corrected chi connectivity index (χ3v) is 5.50. The number of anilines is 2. The summed E-state index contributed by atoms with van der Waals surface area (Å²) in [6.07, 6.45) is 0. The fraction of sp³-hybridized carbons (Fsp3) is 0.222. The molecule has 2 nitrogen and oxygen atoms in total. The summed E-state index contributed by atoms with van der Waals surface area (Å²) in [6.45, 7) is 5.75. The van der Waals surface area contributed by atoms with Gasteiger partial charge in [-0.2, -0.15) is 0 Å². The Hall–Kier alpha value is -1.02. The fourth-order valence-corrected chi connectivity index (χ4v) is 4.59. The molecule has 0 saturated carbocycles. The number of hydrogen-bond acceptors (Lipinski definition) is 2. The first-order valence-corrected chi connectivity index (χ1v) is 14.0. The Balaban J connectivity index is 2.15. The van der Waals surface area contributed by atoms with Crippen molar-refractivity contribution in [3.05, 3.63) is 59.7 Å². The van der Waals surface area contributed by atoms with E-state index in [1.807, 2.05) is 29.0 Å². The van der Waals surface area contributed by atoms with Crippen molar-refractivity contribution >= 4 is 40.6 Å². The van der Waals surface area contributed by atoms with Crippen LogP contribution in [0.4, 0.5) is 11.4 Å². The predicted octanol–water partition coefficient (Wildman–Crippen LogP) is 4.88. The molecular formula is C18H22Cl2N2Ru. The number of nitrogens with one attached hydrogen (secondary N) is 1. The maximum absolute atomic E-state index is 6.26. The van der Waals surface area contributed by atoms with Crippen LogP contribution in [-0.4, -0.2) is 22.9 Å². The molecule has 0 aliphatic heterocycles. The molecule has 0 atom stereocenters. The van der Waals surface area contributed by atoms with Gasteiger partial charge in [0.15, 0.2) is 0 Å². The monoisotopic (exact) mass is 438 g/mol. The molecule has 0 aromatic heterocycles. The zero-order valence-corrected chi connectivity index (χ0v) is 16.6. The Bertz CT molecular complexity index is 772. The van der Waals surface area contributed by atoms with Crippen molar-refractivity contribution in [1.82, 2.24) is 0 Å². The van der Waals surface area contributed by atoms with Crippen molar-refractivity contribution in [2.45, 2.75) is 13.8 Å². The van der Waals surface area contributed by atoms with Gasteiger partial charge in [-0.1, -0.05) is 0 Å². The number of para-hydroxylation sites is 2. The average molecular weight is 438 g/mol. The van der Waals surface area contributed by atoms with Crippen molar-refractivity contribution in [3.8, 4) is 0 Å². The van der Waals surface area contributed by atoms with E-state index in [4.69, 9.17) is 19.4 Å². The third-order valence-electron chi connectivity index (χ3n) is 3.48. The van der Waals surface area contributed by atoms with Crippen LogP contribution in [0.2, 0.25) is 0 Å². The molecule has 2 aromatic carbocycles. The predicted molar refractivity (Wildman–Crippen MR) is 103 cm³/mol. The maximum atomic E-state index is 6.26. The van der Waals surface area contributed by atoms with Crippen molar-refractivity contribution in [2.24, 2.45) is 0 Å². The van der Waals surface area contributed by atoms with Gasteiger partial charge in [0, 0.05) is 0 Å². The second-order valence-electron chi connectivity index (χ2n) is 5.35. The van der Waals surface area contributed by atoms with E-state index < -0.39 is 11.9 Å². The molecule has 0 bridgehead atoms. The molecule has 0 spiro atoms. The Morgan fingerprint density at radius 3 is 2.26 bits per heavy atom. The average Bonchev–Trinajstić information content (AvgIpc) is 2.47. The third kappa shape index (κ3) is 5.84. The Labute approximate surface area is 149 Å². The SMILES string of the molecule is [CH2]=[Ru]([Cl])([Cl])=[CH]N(CCNc1ccccc1C)c1ccccc1C. The molecule has 0 saturated heterocycles. The van der Waals surface area contributed by atoms with Gasteiger partial charge in [0.2, 0.25) is 0 Å². The van der Waals surface area contributed by atoms with E-state index in [2.05, 4.69) is 53.4 Å². The molecule has 0 aliphatic rings. The quantitative estimate of drug-likeness (QED) is 0.648. The van der Waals surface area contributed by atoms with Gasteiger partial charge >= 0.3 is 149 Å². The number of benzene rings is 2. The zero-order valence-electron chi connectivity index (χ0n) is 13.4. The number of hydrogen-bond donors (Lipinski definition) is 1. The molecule has 2 rings (SSSR count). The number of nitrogens with zero attached hydrogens (tertiary/aromatic N) is 1. The molecule has 0 radical (unpaired) electrons. The first-order chi connectivity index (χ1) is 10.9. The minimum absolute atomic E-state index is 0.775. The van der Waals surface area contributed by atoms with E-state index in [1.165, 1.54) is 11.1 Å². The number of rotatable bonds is 6. The van der Waals surface area contributed by atoms with E-state index in [0.29, 0.717) is 0 Å². The van der Waals surface area contributed by atoms with Gasteiger partial charge in [-0.05, 0) is 0 Å². The van der Waals surface area contributed by atoms with Gasteiger partial charge < -0.3 is 0 Å². The second kappa shape index (κ2) is 8.19. The molecule has 2 aromatic rings. The van der Waals surface area contributed by atoms with Crippen molar-refractivity contribution in [2.75, 3.05) is 23.3 Å². The summed E-state index contributed by atoms with van der Waals surface area (Å²) in [5.41, 5.74) is 4.69. The van der Waals surface area contributed by atoms with Gasteiger partial charge in [0.25, 0.3) is 0 Å². The van der Waals surface area contributed by atoms with Crippen molar-refractivity contribution < 1.29 is 11.9 Å². The molecule has 126 valence electrons. The van der Waals surface area contributed by atoms with Gasteiger partial charge in [-0.15, -0.1) is 0 Å². The van der Waals surface area contributed by atoms with Crippen LogP contribution in [0.3, 0.4) is 0 Å². The van der Waals surface area contributed by atoms with Gasteiger partial charge in [0.05, 0.1) is 0 Å². The topological polar surface area (TPSA) is 15.3 Å². The number of aryl methyl sites for hydroxylation is 2. The number of halogens is 2. The zero-order chi connectivity index (χ0) is 16.9. The van der Waals surface area contributed by atoms with Crippen LogP contribution < -0.4 is 10.2 Å². The molecular weight excluding hydrogens is 416 g/mol. The van der Waals surface area contributed by atoms with Crippen LogP contribution in [0.25, 0.3) is 0 Å². The van der Waals surface area contributed by atoms with Crippen molar-refractivity contribution in [1.29, 1.82) is 0 Å². The molecule has 23 heavy (non-hydrogen) atoms. The molecule has 1 N–H and O–H groups in total. The summed E-state index contributed by atoms with van der Waals surface area (Å²) in [7, 11) is 12.5. The fourth-order valence-electron chi connectivity index (χ4n) is 2.34. The molecule has 0 amide bonds. The molecule has 0 aliphatic carbocycles. The van der Waals surface area contributed by atoms with Crippen molar-refractivity contribution in [3.63, 3.8) is 0 Å². The Morgan fingerprint density at radius 1 is 1.04 bits per heavy atom. The summed E-state index contributed by atoms with van der Waals surface area (Å²) in [6, 6.07) is 16.5. The molecule has 5 heteroatoms. The first-order valence-electron chi connectivity index (χ1n) is 7.28. The first kappa shape index (κ1) is 18.3. The normalized spacial score (nSPS) is 11.8. The van der Waals surface area contributed by atoms with Gasteiger partial charge in [0.1, 0.15) is 0 Å². The standard InChI is InChI=1S/C17H20N2.CH2.2ClH.Ru/c1-14-8-4-6-10-16(14)18-12-13-19(3)17-11-7-5-9-15(17)2;;;;/h3-11,18H,12-13H2,1-2H3;1H2;2*1H;/q;;;;+2/p-2. The Morgan fingerprint density at radius 2 is 1.65 bits per heavy atom. The van der Waals surface area contributed by atoms with Crippen LogP contribution in [0.5, 0.6) is 0 Å². The van der Waals surface area contributed by atoms with E-state index in [0.717, 1.165) is 24.5 Å². The summed E-state index contributed by atoms with van der Waals surface area (Å²) in [4.78, 5) is 2.12. The van der Waals surface area contributed by atoms with Gasteiger partial charge in [-0.25, -0.2) is 0 Å². The van der Waals surface area contributed by atoms with Crippen LogP contribution in [0, 0.1) is 13.8 Å². The van der Waals surface area contributed by atoms with E-state index in [9.17, 15) is 0 Å². The van der Waals surface area contributed by atoms with E-state index >= 15 is 0 Å². The van der Waals surface area contributed by atoms with Crippen LogP contribution in [-0.2, 0) is 11.9 Å². The van der Waals surface area contributed by atoms with Crippen LogP contribution in [0.1, 0.15) is 11.1 Å². The molecule has 0 heterocycles. The van der Waals surface area contributed by atoms with Gasteiger partial charge in [-0.3, -0.25) is 0 Å². The van der Waals surface area contributed by atoms with E-state index in [-0.39, 0.29) is 0 Å². The van der Waals surface area contributed by atoms with Crippen LogP contribution in [0.15, 0.2) is 48.5 Å². The second-order valence-corrected chi connectivity index (χ2v) is 14.9. The Kier molecular flexibility index (Phi) is 6.53. The summed E-state index contributed by atoms with van der Waals surface area (Å²) in [5, 5.41) is 7.40. The molecule has 0 unspecified atom stereocenters. The van der Waals surface area contributed by atoms with Crippen LogP contribution >= 0.6 is 19.4 Å². The summed E-state index contributed by atoms with van der Waals surface area (Å²) >= 11 is -2.92.